The van der Waals surface area contributed by atoms with Crippen LogP contribution in [0.4, 0.5) is 0 Å². The summed E-state index contributed by atoms with van der Waals surface area (Å²) in [7, 11) is 0. The van der Waals surface area contributed by atoms with Crippen LogP contribution in [0.1, 0.15) is 89.5 Å². The van der Waals surface area contributed by atoms with E-state index in [0.717, 1.165) is 0 Å². The predicted octanol–water partition coefficient (Wildman–Crippen LogP) is -6.53. The highest BCUT2D eigenvalue weighted by Gasteiger charge is 2.34. The Morgan fingerprint density at radius 1 is 0.506 bits per heavy atom. The van der Waals surface area contributed by atoms with Crippen LogP contribution in [0.25, 0.3) is 0 Å². The van der Waals surface area contributed by atoms with Crippen molar-refractivity contribution >= 4 is 82.8 Å². The summed E-state index contributed by atoms with van der Waals surface area (Å²) in [6.45, 7) is 1.94. The molecule has 0 heterocycles. The van der Waals surface area contributed by atoms with Crippen molar-refractivity contribution < 1.29 is 48.3 Å². The second-order valence-electron chi connectivity index (χ2n) is 17.9. The number of phenols is 1. The summed E-state index contributed by atoms with van der Waals surface area (Å²) in [5.74, 6) is -7.73. The smallest absolute Gasteiger partial charge is 0.243 e. The SMILES string of the molecule is CSCC[C@H](NC(=O)[C@@H](CCCN=C(N)N)NC(=O)[C@H](CCCN=C(N)N)NC(=O)[C@@H](CCCCN)NC(=O)[C@H](C)NC(=O)[C@H](N)CCCN=C(N)N)C(=O)N[C@H](CCC(N)=O)C(=O)N[C@@H](Cc1ccc(O)cc1)C(N)=O. The van der Waals surface area contributed by atoms with Crippen LogP contribution in [0.5, 0.6) is 5.75 Å². The Bertz CT molecular complexity index is 2170. The number of aromatic hydroxyl groups is 1. The Kier molecular flexibility index (Phi) is 32.5. The summed E-state index contributed by atoms with van der Waals surface area (Å²) in [5.41, 5.74) is 56.0. The number of nitrogens with zero attached hydrogens (tertiary/aromatic N) is 3. The van der Waals surface area contributed by atoms with E-state index in [0.29, 0.717) is 30.6 Å². The number of carbonyl (C=O) groups is 9. The summed E-state index contributed by atoms with van der Waals surface area (Å²) >= 11 is 1.33. The lowest BCUT2D eigenvalue weighted by molar-refractivity contribution is -0.136. The molecule has 432 valence electrons. The van der Waals surface area contributed by atoms with Crippen molar-refractivity contribution in [2.24, 2.45) is 72.3 Å². The lowest BCUT2D eigenvalue weighted by Crippen LogP contribution is -2.60. The molecule has 0 saturated carbocycles. The van der Waals surface area contributed by atoms with E-state index in [4.69, 9.17) is 57.3 Å². The molecule has 0 unspecified atom stereocenters. The van der Waals surface area contributed by atoms with Gasteiger partial charge in [0.15, 0.2) is 17.9 Å². The normalized spacial score (nSPS) is 13.9. The van der Waals surface area contributed by atoms with Crippen LogP contribution >= 0.6 is 11.8 Å². The Morgan fingerprint density at radius 2 is 0.896 bits per heavy atom. The van der Waals surface area contributed by atoms with E-state index in [1.807, 2.05) is 0 Å². The van der Waals surface area contributed by atoms with Crippen LogP contribution in [-0.2, 0) is 49.6 Å². The Balaban J connectivity index is 3.53. The number of rotatable bonds is 39. The molecule has 28 N–H and O–H groups in total. The number of nitrogens with one attached hydrogen (secondary N) is 7. The Morgan fingerprint density at radius 3 is 1.30 bits per heavy atom. The second-order valence-corrected chi connectivity index (χ2v) is 18.9. The summed E-state index contributed by atoms with van der Waals surface area (Å²) < 4.78 is 0. The maximum absolute atomic E-state index is 14.3. The van der Waals surface area contributed by atoms with Crippen LogP contribution in [-0.4, -0.2) is 163 Å². The van der Waals surface area contributed by atoms with Crippen LogP contribution in [0.15, 0.2) is 39.2 Å². The summed E-state index contributed by atoms with van der Waals surface area (Å²) in [6, 6.07) is -4.53. The monoisotopic (exact) mass is 1110 g/mol. The Hall–Kier alpha value is -7.67. The molecule has 8 atom stereocenters. The van der Waals surface area contributed by atoms with Gasteiger partial charge in [-0.2, -0.15) is 11.8 Å². The molecule has 0 radical (unpaired) electrons. The molecule has 1 aromatic rings. The first-order valence-corrected chi connectivity index (χ1v) is 26.4. The molecule has 0 aliphatic rings. The molecule has 9 amide bonds. The predicted molar refractivity (Wildman–Crippen MR) is 292 cm³/mol. The van der Waals surface area contributed by atoms with Crippen molar-refractivity contribution in [3.05, 3.63) is 29.8 Å². The molecule has 0 spiro atoms. The van der Waals surface area contributed by atoms with E-state index in [-0.39, 0.29) is 114 Å². The molecular weight excluding hydrogens is 1020 g/mol. The number of nitrogens with two attached hydrogens (primary N) is 10. The largest absolute Gasteiger partial charge is 0.508 e. The van der Waals surface area contributed by atoms with Crippen molar-refractivity contribution in [2.45, 2.75) is 139 Å². The molecule has 0 aliphatic heterocycles. The van der Waals surface area contributed by atoms with E-state index in [1.165, 1.54) is 43.0 Å². The van der Waals surface area contributed by atoms with E-state index in [1.54, 1.807) is 6.26 Å². The molecule has 0 aliphatic carbocycles. The van der Waals surface area contributed by atoms with Gasteiger partial charge >= 0.3 is 0 Å². The third kappa shape index (κ3) is 29.3. The molecular formula is C46H82N20O10S. The quantitative estimate of drug-likeness (QED) is 0.0166. The van der Waals surface area contributed by atoms with Crippen LogP contribution in [0.3, 0.4) is 0 Å². The fraction of sp³-hybridized carbons (Fsp3) is 0.609. The number of benzene rings is 1. The number of hydrogen-bond donors (Lipinski definition) is 18. The van der Waals surface area contributed by atoms with E-state index >= 15 is 0 Å². The van der Waals surface area contributed by atoms with Gasteiger partial charge in [-0.15, -0.1) is 0 Å². The van der Waals surface area contributed by atoms with Crippen molar-refractivity contribution in [1.29, 1.82) is 0 Å². The van der Waals surface area contributed by atoms with Gasteiger partial charge in [0.1, 0.15) is 48.0 Å². The highest BCUT2D eigenvalue weighted by Crippen LogP contribution is 2.13. The molecule has 0 aromatic heterocycles. The zero-order valence-corrected chi connectivity index (χ0v) is 44.6. The van der Waals surface area contributed by atoms with Gasteiger partial charge in [0.05, 0.1) is 6.04 Å². The third-order valence-corrected chi connectivity index (χ3v) is 12.0. The van der Waals surface area contributed by atoms with Gasteiger partial charge in [0, 0.05) is 32.5 Å². The molecule has 77 heavy (non-hydrogen) atoms. The van der Waals surface area contributed by atoms with Crippen LogP contribution in [0, 0.1) is 0 Å². The van der Waals surface area contributed by atoms with Gasteiger partial charge in [-0.25, -0.2) is 0 Å². The lowest BCUT2D eigenvalue weighted by Gasteiger charge is -2.28. The van der Waals surface area contributed by atoms with Crippen molar-refractivity contribution in [3.63, 3.8) is 0 Å². The number of primary amides is 2. The van der Waals surface area contributed by atoms with Gasteiger partial charge in [-0.05, 0) is 114 Å². The summed E-state index contributed by atoms with van der Waals surface area (Å²) in [6.07, 6.45) is 2.51. The minimum absolute atomic E-state index is 0.00113. The first-order valence-electron chi connectivity index (χ1n) is 25.0. The van der Waals surface area contributed by atoms with Crippen molar-refractivity contribution in [1.82, 2.24) is 37.2 Å². The zero-order chi connectivity index (χ0) is 58.0. The van der Waals surface area contributed by atoms with E-state index in [2.05, 4.69) is 52.2 Å². The minimum atomic E-state index is -1.47. The van der Waals surface area contributed by atoms with Crippen molar-refractivity contribution in [2.75, 3.05) is 38.2 Å². The molecule has 1 rings (SSSR count). The highest BCUT2D eigenvalue weighted by atomic mass is 32.2. The average molecular weight is 1110 g/mol. The summed E-state index contributed by atoms with van der Waals surface area (Å²) in [4.78, 5) is 133. The van der Waals surface area contributed by atoms with Gasteiger partial charge in [0.2, 0.25) is 53.2 Å². The number of unbranched alkanes of at least 4 members (excludes halogenated alkanes) is 1. The van der Waals surface area contributed by atoms with Crippen LogP contribution < -0.4 is 94.6 Å². The number of amides is 9. The first kappa shape index (κ1) is 67.3. The maximum atomic E-state index is 14.3. The van der Waals surface area contributed by atoms with Gasteiger partial charge in [-0.1, -0.05) is 12.1 Å². The number of hydrogen-bond acceptors (Lipinski definition) is 16. The average Bonchev–Trinajstić information content (AvgIpc) is 3.36. The van der Waals surface area contributed by atoms with E-state index in [9.17, 15) is 48.3 Å². The summed E-state index contributed by atoms with van der Waals surface area (Å²) in [5, 5.41) is 27.8. The zero-order valence-electron chi connectivity index (χ0n) is 43.8. The number of aliphatic imine (C=N–C) groups is 3. The molecule has 1 aromatic carbocycles. The molecule has 0 bridgehead atoms. The second kappa shape index (κ2) is 37.1. The topological polar surface area (TPSA) is 555 Å². The molecule has 31 heteroatoms. The first-order chi connectivity index (χ1) is 36.4. The molecule has 0 saturated heterocycles. The van der Waals surface area contributed by atoms with Crippen molar-refractivity contribution in [3.8, 4) is 5.75 Å². The van der Waals surface area contributed by atoms with E-state index < -0.39 is 101 Å². The molecule has 0 fully saturated rings. The third-order valence-electron chi connectivity index (χ3n) is 11.4. The van der Waals surface area contributed by atoms with Crippen LogP contribution in [0.2, 0.25) is 0 Å². The van der Waals surface area contributed by atoms with Gasteiger partial charge in [0.25, 0.3) is 0 Å². The number of phenolic OH excluding ortho intramolecular Hbond substituents is 1. The number of guanidine groups is 3. The minimum Gasteiger partial charge on any atom is -0.508 e. The fourth-order valence-corrected chi connectivity index (χ4v) is 7.62. The maximum Gasteiger partial charge on any atom is 0.243 e. The lowest BCUT2D eigenvalue weighted by atomic mass is 10.0. The van der Waals surface area contributed by atoms with Gasteiger partial charge in [-0.3, -0.25) is 58.1 Å². The number of carbonyl (C=O) groups excluding carboxylic acids is 9. The molecule has 30 nitrogen and oxygen atoms in total. The van der Waals surface area contributed by atoms with Gasteiger partial charge < -0.3 is 99.7 Å². The standard InChI is InChI=1S/C46H82N20O10S/c1-25(60-38(71)28(48)8-5-20-57-44(51)52)37(70)61-29(9-3-4-19-47)39(72)62-30(10-6-21-58-45(53)54)40(73)63-31(11-7-22-59-46(55)56)41(74)65-33(18-23-77-2)43(76)64-32(16-17-35(49)68)42(75)66-34(36(50)69)24-26-12-14-27(67)15-13-26/h12-15,25,28-34,67H,3-11,16-24,47-48H2,1-2H3,(H2,49,68)(H2,50,69)(H,60,71)(H,61,70)(H,62,72)(H,63,73)(H,64,76)(H,65,74)(H,66,75)(H4,51,52,57)(H4,53,54,58)(H4,55,56,59)/t25-,28+,29+,30-,31+,32+,33-,34-/m0/s1. The highest BCUT2D eigenvalue weighted by molar-refractivity contribution is 7.98. The Labute approximate surface area is 451 Å². The number of thioether (sulfide) groups is 1. The fourth-order valence-electron chi connectivity index (χ4n) is 7.15.